The zero-order chi connectivity index (χ0) is 22.6. The highest BCUT2D eigenvalue weighted by Gasteiger charge is 2.43. The van der Waals surface area contributed by atoms with Crippen molar-refractivity contribution in [2.75, 3.05) is 21.3 Å². The summed E-state index contributed by atoms with van der Waals surface area (Å²) in [5.74, 6) is -0.185. The van der Waals surface area contributed by atoms with Crippen molar-refractivity contribution >= 4 is 29.2 Å². The maximum Gasteiger partial charge on any atom is 0.490 e. The smallest absolute Gasteiger partial charge is 0.490 e. The molecule has 0 saturated carbocycles. The molecule has 0 aromatic heterocycles. The van der Waals surface area contributed by atoms with Crippen LogP contribution in [0.5, 0.6) is 11.5 Å². The minimum atomic E-state index is -5.62. The number of nitro groups is 1. The van der Waals surface area contributed by atoms with E-state index in [0.717, 1.165) is 20.1 Å². The number of hydrogen-bond acceptors (Lipinski definition) is 11. The molecule has 4 atom stereocenters. The van der Waals surface area contributed by atoms with Crippen LogP contribution in [-0.2, 0) is 31.4 Å². The van der Waals surface area contributed by atoms with Gasteiger partial charge in [-0.1, -0.05) is 0 Å². The molecule has 0 aliphatic carbocycles. The predicted octanol–water partition coefficient (Wildman–Crippen LogP) is 2.67. The number of rotatable bonds is 11. The maximum absolute atomic E-state index is 12.0. The Bertz CT molecular complexity index is 903. The van der Waals surface area contributed by atoms with E-state index in [1.807, 2.05) is 0 Å². The van der Waals surface area contributed by atoms with Gasteiger partial charge in [-0.2, -0.15) is 8.62 Å². The minimum Gasteiger partial charge on any atom is -0.497 e. The molecule has 0 saturated heterocycles. The molecular formula is C11H18NO14P3. The zero-order valence-electron chi connectivity index (χ0n) is 15.4. The van der Waals surface area contributed by atoms with Crippen molar-refractivity contribution in [1.29, 1.82) is 0 Å². The van der Waals surface area contributed by atoms with Crippen molar-refractivity contribution in [3.05, 3.63) is 27.8 Å². The van der Waals surface area contributed by atoms with Crippen molar-refractivity contribution in [3.63, 3.8) is 0 Å². The highest BCUT2D eigenvalue weighted by atomic mass is 31.3. The molecular weight excluding hydrogens is 463 g/mol. The first kappa shape index (κ1) is 25.7. The van der Waals surface area contributed by atoms with Crippen LogP contribution in [0, 0.1) is 10.1 Å². The molecule has 0 amide bonds. The fraction of sp³-hybridized carbons (Fsp3) is 0.455. The third-order valence-electron chi connectivity index (χ3n) is 3.09. The third-order valence-corrected chi connectivity index (χ3v) is 7.43. The average Bonchev–Trinajstić information content (AvgIpc) is 2.57. The monoisotopic (exact) mass is 481 g/mol. The van der Waals surface area contributed by atoms with E-state index in [-0.39, 0.29) is 17.1 Å². The molecule has 1 aromatic rings. The summed E-state index contributed by atoms with van der Waals surface area (Å²) in [5.41, 5.74) is -0.939. The standard InChI is InChI=1S/C11H18NO14P3/c1-7(9-5-8(21-2)6-10(22-3)11(9)12(13)14)24-28(17,18)26-29(19,20)25-27(15,16)23-4/h5-7H,1-4H3,(H,15,16)(H,17,18)(H,19,20). The van der Waals surface area contributed by atoms with Crippen LogP contribution >= 0.6 is 23.5 Å². The normalized spacial score (nSPS) is 18.7. The highest BCUT2D eigenvalue weighted by molar-refractivity contribution is 7.66. The van der Waals surface area contributed by atoms with E-state index < -0.39 is 40.2 Å². The molecule has 0 aliphatic rings. The van der Waals surface area contributed by atoms with Gasteiger partial charge >= 0.3 is 29.2 Å². The molecule has 166 valence electrons. The van der Waals surface area contributed by atoms with Crippen LogP contribution in [0.1, 0.15) is 18.6 Å². The van der Waals surface area contributed by atoms with Gasteiger partial charge in [0.15, 0.2) is 0 Å². The van der Waals surface area contributed by atoms with Gasteiger partial charge in [0.05, 0.1) is 30.8 Å². The molecule has 15 nitrogen and oxygen atoms in total. The van der Waals surface area contributed by atoms with Crippen LogP contribution in [0.3, 0.4) is 0 Å². The summed E-state index contributed by atoms with van der Waals surface area (Å²) in [7, 11) is -13.1. The van der Waals surface area contributed by atoms with E-state index in [4.69, 9.17) is 14.4 Å². The second kappa shape index (κ2) is 9.63. The number of benzene rings is 1. The number of ether oxygens (including phenoxy) is 2. The number of nitro benzene ring substituents is 1. The van der Waals surface area contributed by atoms with Crippen LogP contribution in [0.25, 0.3) is 0 Å². The topological polar surface area (TPSA) is 210 Å². The lowest BCUT2D eigenvalue weighted by Crippen LogP contribution is -2.06. The molecule has 0 fully saturated rings. The molecule has 1 rings (SSSR count). The Labute approximate surface area is 164 Å². The van der Waals surface area contributed by atoms with Crippen molar-refractivity contribution < 1.29 is 60.4 Å². The Balaban J connectivity index is 3.21. The van der Waals surface area contributed by atoms with Gasteiger partial charge in [-0.15, -0.1) is 0 Å². The number of phosphoric ester groups is 2. The number of nitrogens with zero attached hydrogens (tertiary/aromatic N) is 1. The van der Waals surface area contributed by atoms with Crippen LogP contribution < -0.4 is 9.47 Å². The van der Waals surface area contributed by atoms with Crippen molar-refractivity contribution in [3.8, 4) is 11.5 Å². The minimum absolute atomic E-state index is 0.0732. The van der Waals surface area contributed by atoms with E-state index in [2.05, 4.69) is 17.7 Å². The van der Waals surface area contributed by atoms with Crippen LogP contribution in [-0.4, -0.2) is 40.9 Å². The largest absolute Gasteiger partial charge is 0.497 e. The van der Waals surface area contributed by atoms with Crippen LogP contribution in [0.4, 0.5) is 5.69 Å². The lowest BCUT2D eigenvalue weighted by molar-refractivity contribution is -0.387. The van der Waals surface area contributed by atoms with Crippen molar-refractivity contribution in [1.82, 2.24) is 0 Å². The first-order valence-corrected chi connectivity index (χ1v) is 11.7. The Morgan fingerprint density at radius 3 is 1.97 bits per heavy atom. The molecule has 18 heteroatoms. The summed E-state index contributed by atoms with van der Waals surface area (Å²) in [6.07, 6.45) is -1.58. The Morgan fingerprint density at radius 2 is 1.52 bits per heavy atom. The molecule has 0 radical (unpaired) electrons. The lowest BCUT2D eigenvalue weighted by Gasteiger charge is -2.21. The number of hydrogen-bond donors (Lipinski definition) is 3. The Morgan fingerprint density at radius 1 is 0.966 bits per heavy atom. The van der Waals surface area contributed by atoms with Gasteiger partial charge in [-0.05, 0) is 13.0 Å². The summed E-state index contributed by atoms with van der Waals surface area (Å²) >= 11 is 0. The predicted molar refractivity (Wildman–Crippen MR) is 94.4 cm³/mol. The quantitative estimate of drug-likeness (QED) is 0.236. The Hall–Kier alpha value is -1.37. The first-order chi connectivity index (χ1) is 13.2. The summed E-state index contributed by atoms with van der Waals surface area (Å²) in [6.45, 7) is 1.09. The van der Waals surface area contributed by atoms with E-state index in [1.54, 1.807) is 0 Å². The molecule has 3 N–H and O–H groups in total. The van der Waals surface area contributed by atoms with Crippen molar-refractivity contribution in [2.45, 2.75) is 13.0 Å². The van der Waals surface area contributed by atoms with Gasteiger partial charge in [0.25, 0.3) is 0 Å². The summed E-state index contributed by atoms with van der Waals surface area (Å²) in [4.78, 5) is 38.6. The van der Waals surface area contributed by atoms with Crippen LogP contribution in [0.2, 0.25) is 0 Å². The highest BCUT2D eigenvalue weighted by Crippen LogP contribution is 2.68. The van der Waals surface area contributed by atoms with E-state index >= 15 is 0 Å². The van der Waals surface area contributed by atoms with Crippen molar-refractivity contribution in [2.24, 2.45) is 0 Å². The van der Waals surface area contributed by atoms with Gasteiger partial charge in [0.2, 0.25) is 5.75 Å². The van der Waals surface area contributed by atoms with Gasteiger partial charge in [-0.25, -0.2) is 13.7 Å². The van der Waals surface area contributed by atoms with E-state index in [0.29, 0.717) is 7.11 Å². The van der Waals surface area contributed by atoms with Gasteiger partial charge in [0, 0.05) is 13.2 Å². The summed E-state index contributed by atoms with van der Waals surface area (Å²) < 4.78 is 60.9. The molecule has 0 heterocycles. The summed E-state index contributed by atoms with van der Waals surface area (Å²) in [6, 6.07) is 2.29. The molecule has 0 bridgehead atoms. The molecule has 1 aromatic carbocycles. The number of methoxy groups -OCH3 is 2. The molecule has 0 spiro atoms. The van der Waals surface area contributed by atoms with E-state index in [1.165, 1.54) is 13.2 Å². The lowest BCUT2D eigenvalue weighted by atomic mass is 10.1. The van der Waals surface area contributed by atoms with E-state index in [9.17, 15) is 33.6 Å². The SMILES string of the molecule is COc1cc(OC)c([N+](=O)[O-])c(C(C)OP(=O)(O)OP(=O)(O)OP(=O)(O)OC)c1. The molecule has 4 unspecified atom stereocenters. The third kappa shape index (κ3) is 7.43. The Kier molecular flexibility index (Phi) is 8.52. The average molecular weight is 481 g/mol. The second-order valence-corrected chi connectivity index (χ2v) is 9.72. The molecule has 0 aliphatic heterocycles. The molecule has 29 heavy (non-hydrogen) atoms. The van der Waals surface area contributed by atoms with Crippen LogP contribution in [0.15, 0.2) is 12.1 Å². The fourth-order valence-electron chi connectivity index (χ4n) is 1.97. The van der Waals surface area contributed by atoms with Gasteiger partial charge in [0.1, 0.15) is 5.75 Å². The first-order valence-electron chi connectivity index (χ1n) is 7.22. The fourth-order valence-corrected chi connectivity index (χ4v) is 5.37. The number of phosphoric acid groups is 3. The zero-order valence-corrected chi connectivity index (χ0v) is 18.0. The van der Waals surface area contributed by atoms with Gasteiger partial charge < -0.3 is 24.2 Å². The summed E-state index contributed by atoms with van der Waals surface area (Å²) in [5, 5.41) is 11.4. The van der Waals surface area contributed by atoms with Gasteiger partial charge in [-0.3, -0.25) is 19.2 Å². The second-order valence-electron chi connectivity index (χ2n) is 5.02. The maximum atomic E-state index is 12.0.